The fourth-order valence-electron chi connectivity index (χ4n) is 3.98. The van der Waals surface area contributed by atoms with E-state index in [1.165, 1.54) is 23.7 Å². The summed E-state index contributed by atoms with van der Waals surface area (Å²) in [4.78, 5) is 0. The molecule has 0 spiro atoms. The summed E-state index contributed by atoms with van der Waals surface area (Å²) >= 11 is 0. The Balaban J connectivity index is 0.000000322. The maximum atomic E-state index is 2.68. The molecular formula is C17H32. The molecule has 100 valence electrons. The fourth-order valence-corrected chi connectivity index (χ4v) is 3.98. The minimum atomic E-state index is 0. The van der Waals surface area contributed by atoms with Gasteiger partial charge in [0.05, 0.1) is 0 Å². The Kier molecular flexibility index (Phi) is 8.40. The largest absolute Gasteiger partial charge is 0.107 e. The average molecular weight is 236 g/mol. The third kappa shape index (κ3) is 4.74. The second-order valence-corrected chi connectivity index (χ2v) is 5.38. The summed E-state index contributed by atoms with van der Waals surface area (Å²) < 4.78 is 0. The molecule has 4 saturated carbocycles. The van der Waals surface area contributed by atoms with Crippen LogP contribution < -0.4 is 0 Å². The van der Waals surface area contributed by atoms with Gasteiger partial charge in [0.1, 0.15) is 0 Å². The Hall–Kier alpha value is -0.440. The SMILES string of the molecule is C.C1C2CC3CC1CC(C2)C3.CC.CC#CC. The van der Waals surface area contributed by atoms with Gasteiger partial charge in [-0.2, -0.15) is 0 Å². The lowest BCUT2D eigenvalue weighted by molar-refractivity contribution is 0.0198. The molecule has 4 aliphatic carbocycles. The lowest BCUT2D eigenvalue weighted by Gasteiger charge is -2.49. The van der Waals surface area contributed by atoms with E-state index in [0.717, 1.165) is 0 Å². The summed E-state index contributed by atoms with van der Waals surface area (Å²) in [6, 6.07) is 0. The summed E-state index contributed by atoms with van der Waals surface area (Å²) in [5.41, 5.74) is 0. The zero-order chi connectivity index (χ0) is 12.0. The van der Waals surface area contributed by atoms with Crippen LogP contribution in [0.25, 0.3) is 0 Å². The molecule has 0 atom stereocenters. The van der Waals surface area contributed by atoms with E-state index >= 15 is 0 Å². The molecule has 0 aromatic heterocycles. The van der Waals surface area contributed by atoms with E-state index in [-0.39, 0.29) is 7.43 Å². The molecule has 0 unspecified atom stereocenters. The minimum absolute atomic E-state index is 0. The zero-order valence-electron chi connectivity index (χ0n) is 11.6. The molecule has 0 radical (unpaired) electrons. The molecule has 0 nitrogen and oxygen atoms in total. The van der Waals surface area contributed by atoms with Crippen LogP contribution in [0.2, 0.25) is 0 Å². The van der Waals surface area contributed by atoms with Crippen molar-refractivity contribution in [1.82, 2.24) is 0 Å². The Labute approximate surface area is 110 Å². The van der Waals surface area contributed by atoms with Crippen molar-refractivity contribution in [1.29, 1.82) is 0 Å². The average Bonchev–Trinajstić information content (AvgIpc) is 2.30. The fraction of sp³-hybridized carbons (Fsp3) is 0.882. The highest BCUT2D eigenvalue weighted by Gasteiger charge is 2.41. The molecule has 0 heterocycles. The Morgan fingerprint density at radius 3 is 0.882 bits per heavy atom. The van der Waals surface area contributed by atoms with Gasteiger partial charge in [-0.1, -0.05) is 21.3 Å². The van der Waals surface area contributed by atoms with Crippen LogP contribution in [0, 0.1) is 35.5 Å². The topological polar surface area (TPSA) is 0 Å². The molecule has 0 heteroatoms. The Bertz CT molecular complexity index is 178. The summed E-state index contributed by atoms with van der Waals surface area (Å²) in [6.45, 7) is 7.64. The van der Waals surface area contributed by atoms with Crippen LogP contribution in [-0.2, 0) is 0 Å². The van der Waals surface area contributed by atoms with Gasteiger partial charge in [0.15, 0.2) is 0 Å². The van der Waals surface area contributed by atoms with Gasteiger partial charge in [-0.3, -0.25) is 0 Å². The van der Waals surface area contributed by atoms with Gasteiger partial charge < -0.3 is 0 Å². The third-order valence-corrected chi connectivity index (χ3v) is 4.25. The van der Waals surface area contributed by atoms with Gasteiger partial charge in [-0.05, 0) is 76.0 Å². The third-order valence-electron chi connectivity index (χ3n) is 4.25. The molecule has 0 amide bonds. The summed E-state index contributed by atoms with van der Waals surface area (Å²) in [7, 11) is 0. The van der Waals surface area contributed by atoms with Gasteiger partial charge in [-0.25, -0.2) is 0 Å². The van der Waals surface area contributed by atoms with Crippen molar-refractivity contribution in [3.8, 4) is 11.8 Å². The van der Waals surface area contributed by atoms with Crippen molar-refractivity contribution in [2.45, 2.75) is 73.6 Å². The predicted octanol–water partition coefficient (Wildman–Crippen LogP) is 5.52. The van der Waals surface area contributed by atoms with Crippen LogP contribution >= 0.6 is 0 Å². The lowest BCUT2D eigenvalue weighted by atomic mass is 9.56. The van der Waals surface area contributed by atoms with Crippen LogP contribution in [0.4, 0.5) is 0 Å². The molecular weight excluding hydrogens is 204 g/mol. The quantitative estimate of drug-likeness (QED) is 0.485. The lowest BCUT2D eigenvalue weighted by Crippen LogP contribution is -2.38. The molecule has 0 N–H and O–H groups in total. The molecule has 0 aromatic rings. The zero-order valence-corrected chi connectivity index (χ0v) is 11.6. The van der Waals surface area contributed by atoms with Crippen molar-refractivity contribution in [3.05, 3.63) is 0 Å². The van der Waals surface area contributed by atoms with E-state index in [4.69, 9.17) is 0 Å². The number of rotatable bonds is 0. The first-order chi connectivity index (χ1) is 7.81. The van der Waals surface area contributed by atoms with E-state index in [1.807, 2.05) is 27.7 Å². The molecule has 4 aliphatic rings. The van der Waals surface area contributed by atoms with E-state index in [9.17, 15) is 0 Å². The van der Waals surface area contributed by atoms with Crippen LogP contribution in [0.5, 0.6) is 0 Å². The van der Waals surface area contributed by atoms with Crippen LogP contribution in [-0.4, -0.2) is 0 Å². The van der Waals surface area contributed by atoms with Crippen molar-refractivity contribution in [2.75, 3.05) is 0 Å². The molecule has 4 fully saturated rings. The van der Waals surface area contributed by atoms with E-state index in [1.54, 1.807) is 38.5 Å². The van der Waals surface area contributed by atoms with Crippen molar-refractivity contribution < 1.29 is 0 Å². The highest BCUT2D eigenvalue weighted by Crippen LogP contribution is 2.53. The van der Waals surface area contributed by atoms with Crippen molar-refractivity contribution in [3.63, 3.8) is 0 Å². The number of hydrogen-bond acceptors (Lipinski definition) is 0. The summed E-state index contributed by atoms with van der Waals surface area (Å²) in [6.07, 6.45) is 9.62. The standard InChI is InChI=1S/C10H16.C4H6.C2H6.CH4/c1-7-2-9-4-8(1)5-10(3-7)6-9;1-3-4-2;1-2;/h7-10H,1-6H2;1-2H3;1-2H3;1H4. The number of hydrogen-bond donors (Lipinski definition) is 0. The van der Waals surface area contributed by atoms with Gasteiger partial charge in [0.2, 0.25) is 0 Å². The van der Waals surface area contributed by atoms with Gasteiger partial charge in [-0.15, -0.1) is 11.8 Å². The van der Waals surface area contributed by atoms with E-state index < -0.39 is 0 Å². The maximum absolute atomic E-state index is 2.68. The van der Waals surface area contributed by atoms with Gasteiger partial charge in [0, 0.05) is 0 Å². The van der Waals surface area contributed by atoms with Crippen molar-refractivity contribution >= 4 is 0 Å². The summed E-state index contributed by atoms with van der Waals surface area (Å²) in [5, 5.41) is 0. The highest BCUT2D eigenvalue weighted by atomic mass is 14.5. The Morgan fingerprint density at radius 1 is 0.588 bits per heavy atom. The molecule has 4 bridgehead atoms. The van der Waals surface area contributed by atoms with Crippen LogP contribution in [0.3, 0.4) is 0 Å². The smallest absolute Gasteiger partial charge is 0.00271 e. The molecule has 0 aromatic carbocycles. The first-order valence-corrected chi connectivity index (χ1v) is 7.15. The first-order valence-electron chi connectivity index (χ1n) is 7.15. The predicted molar refractivity (Wildman–Crippen MR) is 78.9 cm³/mol. The first kappa shape index (κ1) is 16.6. The Morgan fingerprint density at radius 2 is 0.765 bits per heavy atom. The highest BCUT2D eigenvalue weighted by molar-refractivity contribution is 4.93. The normalized spacial score (nSPS) is 35.1. The van der Waals surface area contributed by atoms with E-state index in [2.05, 4.69) is 11.8 Å². The second kappa shape index (κ2) is 8.62. The van der Waals surface area contributed by atoms with Gasteiger partial charge >= 0.3 is 0 Å². The van der Waals surface area contributed by atoms with Crippen molar-refractivity contribution in [2.24, 2.45) is 23.7 Å². The molecule has 0 aliphatic heterocycles. The van der Waals surface area contributed by atoms with Crippen LogP contribution in [0.15, 0.2) is 0 Å². The summed E-state index contributed by atoms with van der Waals surface area (Å²) in [5.74, 6) is 10.1. The molecule has 17 heavy (non-hydrogen) atoms. The molecule has 4 rings (SSSR count). The maximum Gasteiger partial charge on any atom is -0.00271 e. The second-order valence-electron chi connectivity index (χ2n) is 5.38. The van der Waals surface area contributed by atoms with Gasteiger partial charge in [0.25, 0.3) is 0 Å². The minimum Gasteiger partial charge on any atom is -0.107 e. The monoisotopic (exact) mass is 236 g/mol. The molecule has 0 saturated heterocycles. The van der Waals surface area contributed by atoms with Crippen LogP contribution in [0.1, 0.15) is 73.6 Å². The van der Waals surface area contributed by atoms with E-state index in [0.29, 0.717) is 0 Å².